The van der Waals surface area contributed by atoms with Crippen LogP contribution in [-0.2, 0) is 6.54 Å². The molecule has 1 unspecified atom stereocenters. The number of aromatic nitrogens is 2. The van der Waals surface area contributed by atoms with Crippen LogP contribution in [0.3, 0.4) is 0 Å². The van der Waals surface area contributed by atoms with Gasteiger partial charge in [-0.2, -0.15) is 8.78 Å². The average Bonchev–Trinajstić information content (AvgIpc) is 2.65. The highest BCUT2D eigenvalue weighted by Crippen LogP contribution is 2.12. The van der Waals surface area contributed by atoms with Crippen molar-refractivity contribution in [2.45, 2.75) is 33.4 Å². The molecular formula is C10H17F2N3. The second kappa shape index (κ2) is 5.80. The van der Waals surface area contributed by atoms with E-state index in [1.54, 1.807) is 0 Å². The van der Waals surface area contributed by atoms with Crippen LogP contribution >= 0.6 is 0 Å². The zero-order chi connectivity index (χ0) is 11.3. The minimum atomic E-state index is -2.51. The zero-order valence-electron chi connectivity index (χ0n) is 9.08. The van der Waals surface area contributed by atoms with Crippen LogP contribution in [-0.4, -0.2) is 16.1 Å². The van der Waals surface area contributed by atoms with E-state index in [2.05, 4.69) is 24.1 Å². The van der Waals surface area contributed by atoms with Crippen molar-refractivity contribution in [1.29, 1.82) is 0 Å². The highest BCUT2D eigenvalue weighted by Gasteiger charge is 2.10. The predicted octanol–water partition coefficient (Wildman–Crippen LogP) is 2.41. The van der Waals surface area contributed by atoms with Gasteiger partial charge in [-0.25, -0.2) is 4.98 Å². The van der Waals surface area contributed by atoms with Gasteiger partial charge in [-0.05, 0) is 12.5 Å². The summed E-state index contributed by atoms with van der Waals surface area (Å²) in [6.45, 7) is 2.93. The topological polar surface area (TPSA) is 29.9 Å². The predicted molar refractivity (Wildman–Crippen MR) is 54.6 cm³/mol. The molecule has 0 aromatic carbocycles. The van der Waals surface area contributed by atoms with Crippen molar-refractivity contribution in [3.05, 3.63) is 18.2 Å². The summed E-state index contributed by atoms with van der Waals surface area (Å²) >= 11 is 0. The fourth-order valence-electron chi connectivity index (χ4n) is 1.23. The third kappa shape index (κ3) is 3.58. The lowest BCUT2D eigenvalue weighted by Crippen LogP contribution is -2.22. The van der Waals surface area contributed by atoms with Crippen LogP contribution in [0.25, 0.3) is 0 Å². The molecule has 15 heavy (non-hydrogen) atoms. The van der Waals surface area contributed by atoms with E-state index in [0.29, 0.717) is 18.3 Å². The molecule has 1 rings (SSSR count). The Labute approximate surface area is 88.5 Å². The highest BCUT2D eigenvalue weighted by atomic mass is 19.3. The van der Waals surface area contributed by atoms with Crippen molar-refractivity contribution in [3.63, 3.8) is 0 Å². The maximum atomic E-state index is 12.4. The van der Waals surface area contributed by atoms with Crippen LogP contribution in [0, 0.1) is 5.92 Å². The van der Waals surface area contributed by atoms with Gasteiger partial charge in [-0.3, -0.25) is 4.57 Å². The normalized spacial score (nSPS) is 13.4. The summed E-state index contributed by atoms with van der Waals surface area (Å²) in [4.78, 5) is 3.88. The third-order valence-corrected chi connectivity index (χ3v) is 2.43. The molecule has 0 aliphatic rings. The summed E-state index contributed by atoms with van der Waals surface area (Å²) in [5.41, 5.74) is 0. The number of hydrogen-bond acceptors (Lipinski definition) is 2. The molecule has 3 nitrogen and oxygen atoms in total. The quantitative estimate of drug-likeness (QED) is 0.793. The van der Waals surface area contributed by atoms with Crippen molar-refractivity contribution >= 4 is 0 Å². The van der Waals surface area contributed by atoms with Gasteiger partial charge in [0.1, 0.15) is 5.82 Å². The van der Waals surface area contributed by atoms with Gasteiger partial charge in [-0.15, -0.1) is 0 Å². The van der Waals surface area contributed by atoms with Crippen LogP contribution in [0.2, 0.25) is 0 Å². The number of hydrogen-bond donors (Lipinski definition) is 1. The lowest BCUT2D eigenvalue weighted by Gasteiger charge is -2.10. The minimum absolute atomic E-state index is 0.383. The van der Waals surface area contributed by atoms with E-state index in [-0.39, 0.29) is 0 Å². The molecule has 0 fully saturated rings. The molecule has 0 bridgehead atoms. The Morgan fingerprint density at radius 1 is 1.53 bits per heavy atom. The van der Waals surface area contributed by atoms with Crippen LogP contribution in [0.4, 0.5) is 8.78 Å². The second-order valence-electron chi connectivity index (χ2n) is 3.67. The zero-order valence-corrected chi connectivity index (χ0v) is 9.08. The van der Waals surface area contributed by atoms with E-state index >= 15 is 0 Å². The second-order valence-corrected chi connectivity index (χ2v) is 3.67. The smallest absolute Gasteiger partial charge is 0.310 e. The number of nitrogens with one attached hydrogen (secondary N) is 1. The molecule has 0 spiro atoms. The molecule has 1 aromatic rings. The van der Waals surface area contributed by atoms with Crippen molar-refractivity contribution in [1.82, 2.24) is 14.9 Å². The van der Waals surface area contributed by atoms with Crippen molar-refractivity contribution in [2.24, 2.45) is 5.92 Å². The summed E-state index contributed by atoms with van der Waals surface area (Å²) in [6.07, 6.45) is 3.77. The number of rotatable bonds is 6. The Hall–Kier alpha value is -0.970. The number of imidazole rings is 1. The lowest BCUT2D eigenvalue weighted by molar-refractivity contribution is 0.0666. The number of alkyl halides is 2. The molecule has 0 radical (unpaired) electrons. The number of nitrogens with zero attached hydrogens (tertiary/aromatic N) is 2. The Morgan fingerprint density at radius 2 is 2.27 bits per heavy atom. The Kier molecular flexibility index (Phi) is 4.68. The van der Waals surface area contributed by atoms with E-state index in [4.69, 9.17) is 0 Å². The van der Waals surface area contributed by atoms with Crippen LogP contribution in [0.5, 0.6) is 0 Å². The van der Waals surface area contributed by atoms with Gasteiger partial charge in [0.15, 0.2) is 0 Å². The molecule has 0 amide bonds. The maximum Gasteiger partial charge on any atom is 0.319 e. The molecule has 86 valence electrons. The molecule has 1 aromatic heterocycles. The summed E-state index contributed by atoms with van der Waals surface area (Å²) in [5.74, 6) is 0.938. The largest absolute Gasteiger partial charge is 0.319 e. The molecule has 0 aliphatic carbocycles. The van der Waals surface area contributed by atoms with Gasteiger partial charge in [0.05, 0.1) is 6.54 Å². The molecule has 1 atom stereocenters. The molecule has 1 N–H and O–H groups in total. The molecule has 0 saturated carbocycles. The lowest BCUT2D eigenvalue weighted by atomic mass is 10.1. The van der Waals surface area contributed by atoms with Gasteiger partial charge in [0.25, 0.3) is 0 Å². The first-order chi connectivity index (χ1) is 7.15. The van der Waals surface area contributed by atoms with E-state index in [1.807, 2.05) is 0 Å². The SMILES string of the molecule is CCC(C)CNCc1nccn1C(F)F. The Bertz CT molecular complexity index is 286. The molecule has 5 heteroatoms. The Morgan fingerprint density at radius 3 is 2.87 bits per heavy atom. The molecule has 1 heterocycles. The summed E-state index contributed by atoms with van der Waals surface area (Å²) < 4.78 is 25.7. The standard InChI is InChI=1S/C10H17F2N3/c1-3-8(2)6-13-7-9-14-4-5-15(9)10(11)12/h4-5,8,10,13H,3,6-7H2,1-2H3. The molecule has 0 aliphatic heterocycles. The summed E-state index contributed by atoms with van der Waals surface area (Å²) in [7, 11) is 0. The van der Waals surface area contributed by atoms with Gasteiger partial charge < -0.3 is 5.32 Å². The highest BCUT2D eigenvalue weighted by molar-refractivity contribution is 4.92. The van der Waals surface area contributed by atoms with E-state index in [9.17, 15) is 8.78 Å². The van der Waals surface area contributed by atoms with Gasteiger partial charge in [-0.1, -0.05) is 20.3 Å². The van der Waals surface area contributed by atoms with Gasteiger partial charge in [0, 0.05) is 12.4 Å². The van der Waals surface area contributed by atoms with Crippen LogP contribution in [0.1, 0.15) is 32.6 Å². The minimum Gasteiger partial charge on any atom is -0.310 e. The maximum absolute atomic E-state index is 12.4. The van der Waals surface area contributed by atoms with Crippen molar-refractivity contribution < 1.29 is 8.78 Å². The van der Waals surface area contributed by atoms with E-state index in [1.165, 1.54) is 12.4 Å². The van der Waals surface area contributed by atoms with Gasteiger partial charge in [0.2, 0.25) is 0 Å². The van der Waals surface area contributed by atoms with Crippen molar-refractivity contribution in [2.75, 3.05) is 6.54 Å². The first kappa shape index (κ1) is 12.1. The van der Waals surface area contributed by atoms with Crippen molar-refractivity contribution in [3.8, 4) is 0 Å². The summed E-state index contributed by atoms with van der Waals surface area (Å²) in [6, 6.07) is 0. The Balaban J connectivity index is 2.40. The number of halogens is 2. The summed E-state index contributed by atoms with van der Waals surface area (Å²) in [5, 5.41) is 3.12. The first-order valence-corrected chi connectivity index (χ1v) is 5.15. The molecular weight excluding hydrogens is 200 g/mol. The van der Waals surface area contributed by atoms with E-state index in [0.717, 1.165) is 17.5 Å². The first-order valence-electron chi connectivity index (χ1n) is 5.15. The fourth-order valence-corrected chi connectivity index (χ4v) is 1.23. The van der Waals surface area contributed by atoms with Crippen LogP contribution in [0.15, 0.2) is 12.4 Å². The molecule has 0 saturated heterocycles. The average molecular weight is 217 g/mol. The van der Waals surface area contributed by atoms with Gasteiger partial charge >= 0.3 is 6.55 Å². The van der Waals surface area contributed by atoms with Crippen LogP contribution < -0.4 is 5.32 Å². The monoisotopic (exact) mass is 217 g/mol. The fraction of sp³-hybridized carbons (Fsp3) is 0.700. The van der Waals surface area contributed by atoms with E-state index < -0.39 is 6.55 Å². The third-order valence-electron chi connectivity index (χ3n) is 2.43.